The number of urea groups is 1. The molecule has 1 aromatic carbocycles. The van der Waals surface area contributed by atoms with E-state index in [1.54, 1.807) is 13.0 Å². The molecule has 0 aliphatic carbocycles. The van der Waals surface area contributed by atoms with Gasteiger partial charge in [-0.3, -0.25) is 4.79 Å². The molecule has 0 aliphatic rings. The van der Waals surface area contributed by atoms with Gasteiger partial charge in [0.2, 0.25) is 5.91 Å². The highest BCUT2D eigenvalue weighted by atomic mass is 16.4. The van der Waals surface area contributed by atoms with Gasteiger partial charge < -0.3 is 20.6 Å². The van der Waals surface area contributed by atoms with Crippen LogP contribution in [0, 0.1) is 0 Å². The molecule has 7 heteroatoms. The molecule has 0 aromatic heterocycles. The highest BCUT2D eigenvalue weighted by Gasteiger charge is 2.13. The van der Waals surface area contributed by atoms with Crippen LogP contribution >= 0.6 is 0 Å². The highest BCUT2D eigenvalue weighted by Crippen LogP contribution is 2.11. The molecule has 3 N–H and O–H groups in total. The van der Waals surface area contributed by atoms with Crippen molar-refractivity contribution in [3.05, 3.63) is 29.8 Å². The summed E-state index contributed by atoms with van der Waals surface area (Å²) < 4.78 is 0. The lowest BCUT2D eigenvalue weighted by molar-refractivity contribution is -0.121. The first-order valence-corrected chi connectivity index (χ1v) is 6.06. The zero-order valence-corrected chi connectivity index (χ0v) is 11.3. The van der Waals surface area contributed by atoms with Crippen LogP contribution in [0.2, 0.25) is 0 Å². The van der Waals surface area contributed by atoms with Crippen molar-refractivity contribution in [2.45, 2.75) is 6.92 Å². The maximum atomic E-state index is 11.8. The molecule has 0 bridgehead atoms. The van der Waals surface area contributed by atoms with Crippen LogP contribution < -0.4 is 10.6 Å². The number of nitrogens with one attached hydrogen (secondary N) is 2. The lowest BCUT2D eigenvalue weighted by Crippen LogP contribution is -2.40. The molecule has 0 aliphatic heterocycles. The SMILES string of the molecule is CCNC(=O)CN(C)C(=O)Nc1cccc(C(=O)O)c1. The topological polar surface area (TPSA) is 98.7 Å². The summed E-state index contributed by atoms with van der Waals surface area (Å²) in [6, 6.07) is 5.39. The number of rotatable bonds is 5. The van der Waals surface area contributed by atoms with Crippen LogP contribution in [-0.4, -0.2) is 48.1 Å². The van der Waals surface area contributed by atoms with Crippen molar-refractivity contribution >= 4 is 23.6 Å². The number of nitrogens with zero attached hydrogens (tertiary/aromatic N) is 1. The molecule has 7 nitrogen and oxygen atoms in total. The Hall–Kier alpha value is -2.57. The molecule has 0 radical (unpaired) electrons. The Balaban J connectivity index is 2.63. The van der Waals surface area contributed by atoms with Crippen molar-refractivity contribution in [2.24, 2.45) is 0 Å². The zero-order valence-electron chi connectivity index (χ0n) is 11.3. The number of hydrogen-bond acceptors (Lipinski definition) is 3. The van der Waals surface area contributed by atoms with Crippen molar-refractivity contribution in [3.8, 4) is 0 Å². The van der Waals surface area contributed by atoms with Crippen LogP contribution in [0.1, 0.15) is 17.3 Å². The highest BCUT2D eigenvalue weighted by molar-refractivity contribution is 5.94. The van der Waals surface area contributed by atoms with E-state index >= 15 is 0 Å². The minimum atomic E-state index is -1.07. The van der Waals surface area contributed by atoms with Gasteiger partial charge in [-0.1, -0.05) is 6.07 Å². The molecule has 0 saturated carbocycles. The molecule has 1 rings (SSSR count). The van der Waals surface area contributed by atoms with Gasteiger partial charge in [0.15, 0.2) is 0 Å². The van der Waals surface area contributed by atoms with Crippen LogP contribution in [0.25, 0.3) is 0 Å². The number of aromatic carboxylic acids is 1. The van der Waals surface area contributed by atoms with Crippen molar-refractivity contribution in [2.75, 3.05) is 25.5 Å². The molecule has 0 spiro atoms. The number of carboxylic acid groups (broad SMARTS) is 1. The monoisotopic (exact) mass is 279 g/mol. The smallest absolute Gasteiger partial charge is 0.335 e. The first-order valence-electron chi connectivity index (χ1n) is 6.06. The lowest BCUT2D eigenvalue weighted by atomic mass is 10.2. The summed E-state index contributed by atoms with van der Waals surface area (Å²) in [5.41, 5.74) is 0.437. The molecule has 0 heterocycles. The summed E-state index contributed by atoms with van der Waals surface area (Å²) in [6.07, 6.45) is 0. The number of carbonyl (C=O) groups excluding carboxylic acids is 2. The molecule has 0 atom stereocenters. The normalized spacial score (nSPS) is 9.70. The standard InChI is InChI=1S/C13H17N3O4/c1-3-14-11(17)8-16(2)13(20)15-10-6-4-5-9(7-10)12(18)19/h4-7H,3,8H2,1-2H3,(H,14,17)(H,15,20)(H,18,19). The number of amides is 3. The molecular weight excluding hydrogens is 262 g/mol. The van der Waals surface area contributed by atoms with Crippen LogP contribution in [0.15, 0.2) is 24.3 Å². The van der Waals surface area contributed by atoms with E-state index in [1.807, 2.05) is 0 Å². The molecule has 0 saturated heterocycles. The Morgan fingerprint density at radius 1 is 1.30 bits per heavy atom. The van der Waals surface area contributed by atoms with E-state index in [-0.39, 0.29) is 18.0 Å². The number of hydrogen-bond donors (Lipinski definition) is 3. The number of carbonyl (C=O) groups is 3. The summed E-state index contributed by atoms with van der Waals surface area (Å²) in [5.74, 6) is -1.33. The first kappa shape index (κ1) is 15.5. The minimum Gasteiger partial charge on any atom is -0.478 e. The number of likely N-dealkylation sites (N-methyl/N-ethyl adjacent to an activating group) is 2. The van der Waals surface area contributed by atoms with Crippen LogP contribution in [-0.2, 0) is 4.79 Å². The predicted octanol–water partition coefficient (Wildman–Crippen LogP) is 0.985. The van der Waals surface area contributed by atoms with Crippen molar-refractivity contribution in [3.63, 3.8) is 0 Å². The Morgan fingerprint density at radius 2 is 2.00 bits per heavy atom. The molecule has 0 fully saturated rings. The second kappa shape index (κ2) is 7.13. The lowest BCUT2D eigenvalue weighted by Gasteiger charge is -2.17. The fourth-order valence-corrected chi connectivity index (χ4v) is 1.49. The number of benzene rings is 1. The van der Waals surface area contributed by atoms with Crippen LogP contribution in [0.5, 0.6) is 0 Å². The zero-order chi connectivity index (χ0) is 15.1. The van der Waals surface area contributed by atoms with Gasteiger partial charge in [0.1, 0.15) is 6.54 Å². The van der Waals surface area contributed by atoms with Crippen LogP contribution in [0.3, 0.4) is 0 Å². The van der Waals surface area contributed by atoms with E-state index in [0.29, 0.717) is 12.2 Å². The molecule has 108 valence electrons. The van der Waals surface area contributed by atoms with Gasteiger partial charge in [0, 0.05) is 19.3 Å². The summed E-state index contributed by atoms with van der Waals surface area (Å²) in [7, 11) is 1.48. The Labute approximate surface area is 116 Å². The molecular formula is C13H17N3O4. The Bertz CT molecular complexity index is 516. The van der Waals surface area contributed by atoms with E-state index < -0.39 is 12.0 Å². The van der Waals surface area contributed by atoms with Crippen molar-refractivity contribution in [1.29, 1.82) is 0 Å². The minimum absolute atomic E-state index is 0.0711. The summed E-state index contributed by atoms with van der Waals surface area (Å²) in [6.45, 7) is 2.21. The quantitative estimate of drug-likeness (QED) is 0.748. The molecule has 0 unspecified atom stereocenters. The maximum Gasteiger partial charge on any atom is 0.335 e. The van der Waals surface area contributed by atoms with E-state index in [2.05, 4.69) is 10.6 Å². The van der Waals surface area contributed by atoms with Gasteiger partial charge in [0.25, 0.3) is 0 Å². The van der Waals surface area contributed by atoms with Gasteiger partial charge in [-0.05, 0) is 25.1 Å². The largest absolute Gasteiger partial charge is 0.478 e. The van der Waals surface area contributed by atoms with E-state index in [9.17, 15) is 14.4 Å². The van der Waals surface area contributed by atoms with Crippen LogP contribution in [0.4, 0.5) is 10.5 Å². The van der Waals surface area contributed by atoms with Gasteiger partial charge >= 0.3 is 12.0 Å². The Kier molecular flexibility index (Phi) is 5.52. The summed E-state index contributed by atoms with van der Waals surface area (Å²) in [4.78, 5) is 35.2. The predicted molar refractivity (Wildman–Crippen MR) is 73.7 cm³/mol. The third kappa shape index (κ3) is 4.60. The average Bonchev–Trinajstić information content (AvgIpc) is 2.39. The fraction of sp³-hybridized carbons (Fsp3) is 0.308. The van der Waals surface area contributed by atoms with E-state index in [4.69, 9.17) is 5.11 Å². The third-order valence-corrected chi connectivity index (χ3v) is 2.46. The Morgan fingerprint density at radius 3 is 2.60 bits per heavy atom. The summed E-state index contributed by atoms with van der Waals surface area (Å²) >= 11 is 0. The maximum absolute atomic E-state index is 11.8. The number of carboxylic acids is 1. The van der Waals surface area contributed by atoms with Crippen molar-refractivity contribution in [1.82, 2.24) is 10.2 Å². The second-order valence-electron chi connectivity index (χ2n) is 4.13. The second-order valence-corrected chi connectivity index (χ2v) is 4.13. The fourth-order valence-electron chi connectivity index (χ4n) is 1.49. The van der Waals surface area contributed by atoms with E-state index in [1.165, 1.54) is 30.1 Å². The summed E-state index contributed by atoms with van der Waals surface area (Å²) in [5, 5.41) is 14.0. The molecule has 3 amide bonds. The molecule has 20 heavy (non-hydrogen) atoms. The average molecular weight is 279 g/mol. The first-order chi connectivity index (χ1) is 9.43. The van der Waals surface area contributed by atoms with Gasteiger partial charge in [0.05, 0.1) is 5.56 Å². The van der Waals surface area contributed by atoms with Gasteiger partial charge in [-0.2, -0.15) is 0 Å². The third-order valence-electron chi connectivity index (χ3n) is 2.46. The number of anilines is 1. The van der Waals surface area contributed by atoms with Gasteiger partial charge in [-0.25, -0.2) is 9.59 Å². The van der Waals surface area contributed by atoms with Crippen molar-refractivity contribution < 1.29 is 19.5 Å². The van der Waals surface area contributed by atoms with E-state index in [0.717, 1.165) is 0 Å². The molecule has 1 aromatic rings. The van der Waals surface area contributed by atoms with Gasteiger partial charge in [-0.15, -0.1) is 0 Å².